The number of nitrogens with one attached hydrogen (secondary N) is 1. The number of hydrogen-bond donors (Lipinski definition) is 2. The van der Waals surface area contributed by atoms with E-state index in [0.29, 0.717) is 19.8 Å². The third-order valence-corrected chi connectivity index (χ3v) is 1.82. The fourth-order valence-corrected chi connectivity index (χ4v) is 1.13. The molecule has 0 aliphatic rings. The van der Waals surface area contributed by atoms with Gasteiger partial charge < -0.3 is 24.6 Å². The summed E-state index contributed by atoms with van der Waals surface area (Å²) in [7, 11) is 3.21. The van der Waals surface area contributed by atoms with Crippen LogP contribution >= 0.6 is 0 Å². The van der Waals surface area contributed by atoms with Crippen LogP contribution in [0.15, 0.2) is 0 Å². The summed E-state index contributed by atoms with van der Waals surface area (Å²) in [6, 6.07) is 0.114. The lowest BCUT2D eigenvalue weighted by Gasteiger charge is -2.22. The number of ether oxygens (including phenoxy) is 3. The van der Waals surface area contributed by atoms with Crippen LogP contribution in [0.25, 0.3) is 0 Å². The molecule has 0 aromatic heterocycles. The van der Waals surface area contributed by atoms with Crippen molar-refractivity contribution in [2.24, 2.45) is 0 Å². The third-order valence-electron chi connectivity index (χ3n) is 1.82. The summed E-state index contributed by atoms with van der Waals surface area (Å²) >= 11 is 0. The highest BCUT2D eigenvalue weighted by molar-refractivity contribution is 4.63. The zero-order valence-electron chi connectivity index (χ0n) is 9.16. The Bertz CT molecular complexity index is 119. The van der Waals surface area contributed by atoms with E-state index in [1.165, 1.54) is 0 Å². The highest BCUT2D eigenvalue weighted by Crippen LogP contribution is 1.97. The van der Waals surface area contributed by atoms with E-state index < -0.39 is 0 Å². The zero-order valence-corrected chi connectivity index (χ0v) is 9.16. The summed E-state index contributed by atoms with van der Waals surface area (Å²) in [5, 5.41) is 11.6. The summed E-state index contributed by atoms with van der Waals surface area (Å²) in [4.78, 5) is 0. The monoisotopic (exact) mass is 207 g/mol. The third kappa shape index (κ3) is 6.28. The minimum absolute atomic E-state index is 0.0638. The van der Waals surface area contributed by atoms with E-state index in [4.69, 9.17) is 19.3 Å². The van der Waals surface area contributed by atoms with Crippen LogP contribution in [0, 0.1) is 0 Å². The van der Waals surface area contributed by atoms with E-state index in [1.807, 2.05) is 6.92 Å². The van der Waals surface area contributed by atoms with Crippen LogP contribution in [0.1, 0.15) is 6.92 Å². The Labute approximate surface area is 85.3 Å². The highest BCUT2D eigenvalue weighted by Gasteiger charge is 2.13. The Balaban J connectivity index is 3.37. The van der Waals surface area contributed by atoms with Crippen molar-refractivity contribution in [2.45, 2.75) is 19.3 Å². The first-order valence-corrected chi connectivity index (χ1v) is 4.73. The Morgan fingerprint density at radius 2 is 1.86 bits per heavy atom. The summed E-state index contributed by atoms with van der Waals surface area (Å²) in [5.41, 5.74) is 0. The van der Waals surface area contributed by atoms with Gasteiger partial charge in [0.15, 0.2) is 6.29 Å². The molecule has 0 aliphatic heterocycles. The topological polar surface area (TPSA) is 60.0 Å². The van der Waals surface area contributed by atoms with Gasteiger partial charge in [-0.05, 0) is 6.92 Å². The van der Waals surface area contributed by atoms with Gasteiger partial charge >= 0.3 is 0 Å². The molecule has 0 amide bonds. The Morgan fingerprint density at radius 3 is 2.36 bits per heavy atom. The predicted molar refractivity (Wildman–Crippen MR) is 53.2 cm³/mol. The minimum Gasteiger partial charge on any atom is -0.394 e. The molecule has 2 N–H and O–H groups in total. The van der Waals surface area contributed by atoms with Crippen molar-refractivity contribution < 1.29 is 19.3 Å². The molecule has 0 spiro atoms. The molecule has 0 aromatic rings. The Hall–Kier alpha value is -0.200. The van der Waals surface area contributed by atoms with Gasteiger partial charge in [0.05, 0.1) is 25.9 Å². The van der Waals surface area contributed by atoms with Crippen molar-refractivity contribution in [3.05, 3.63) is 0 Å². The van der Waals surface area contributed by atoms with Gasteiger partial charge in [0.2, 0.25) is 0 Å². The molecule has 0 heterocycles. The molecule has 86 valence electrons. The van der Waals surface area contributed by atoms with Gasteiger partial charge in [0.1, 0.15) is 0 Å². The van der Waals surface area contributed by atoms with E-state index >= 15 is 0 Å². The maximum atomic E-state index is 8.45. The van der Waals surface area contributed by atoms with Gasteiger partial charge in [-0.15, -0.1) is 0 Å². The number of rotatable bonds is 9. The van der Waals surface area contributed by atoms with E-state index in [0.717, 1.165) is 0 Å². The highest BCUT2D eigenvalue weighted by atomic mass is 16.7. The second-order valence-electron chi connectivity index (χ2n) is 2.92. The standard InChI is InChI=1S/C9H21NO4/c1-8(9(12-2)13-3)10-4-6-14-7-5-11/h8-11H,4-7H2,1-3H3. The second-order valence-corrected chi connectivity index (χ2v) is 2.92. The fourth-order valence-electron chi connectivity index (χ4n) is 1.13. The summed E-state index contributed by atoms with van der Waals surface area (Å²) < 4.78 is 15.2. The van der Waals surface area contributed by atoms with Crippen LogP contribution < -0.4 is 5.32 Å². The SMILES string of the molecule is COC(OC)C(C)NCCOCCO. The molecule has 5 nitrogen and oxygen atoms in total. The van der Waals surface area contributed by atoms with Crippen LogP contribution in [-0.4, -0.2) is 58.0 Å². The molecule has 1 unspecified atom stereocenters. The van der Waals surface area contributed by atoms with Crippen molar-refractivity contribution in [3.63, 3.8) is 0 Å². The lowest BCUT2D eigenvalue weighted by Crippen LogP contribution is -2.41. The zero-order chi connectivity index (χ0) is 10.8. The average molecular weight is 207 g/mol. The lowest BCUT2D eigenvalue weighted by atomic mass is 10.3. The molecule has 0 aliphatic carbocycles. The largest absolute Gasteiger partial charge is 0.394 e. The van der Waals surface area contributed by atoms with E-state index in [-0.39, 0.29) is 18.9 Å². The summed E-state index contributed by atoms with van der Waals surface area (Å²) in [6.45, 7) is 3.71. The molecule has 0 rings (SSSR count). The van der Waals surface area contributed by atoms with Gasteiger partial charge in [0, 0.05) is 20.8 Å². The quantitative estimate of drug-likeness (QED) is 0.398. The first-order valence-electron chi connectivity index (χ1n) is 4.73. The van der Waals surface area contributed by atoms with Crippen molar-refractivity contribution in [1.82, 2.24) is 5.32 Å². The normalized spacial score (nSPS) is 13.5. The molecule has 0 aromatic carbocycles. The minimum atomic E-state index is -0.243. The first-order chi connectivity index (χ1) is 6.76. The van der Waals surface area contributed by atoms with Gasteiger partial charge in [-0.1, -0.05) is 0 Å². The molecule has 0 radical (unpaired) electrons. The summed E-state index contributed by atoms with van der Waals surface area (Å²) in [6.07, 6.45) is -0.243. The summed E-state index contributed by atoms with van der Waals surface area (Å²) in [5.74, 6) is 0. The van der Waals surface area contributed by atoms with E-state index in [9.17, 15) is 0 Å². The molecule has 0 fully saturated rings. The molecule has 14 heavy (non-hydrogen) atoms. The number of aliphatic hydroxyl groups excluding tert-OH is 1. The molecule has 0 saturated heterocycles. The smallest absolute Gasteiger partial charge is 0.171 e. The molecule has 5 heteroatoms. The molecule has 0 saturated carbocycles. The average Bonchev–Trinajstić information content (AvgIpc) is 2.19. The Morgan fingerprint density at radius 1 is 1.21 bits per heavy atom. The maximum absolute atomic E-state index is 8.45. The van der Waals surface area contributed by atoms with Crippen molar-refractivity contribution in [1.29, 1.82) is 0 Å². The van der Waals surface area contributed by atoms with Crippen LogP contribution in [0.5, 0.6) is 0 Å². The van der Waals surface area contributed by atoms with Gasteiger partial charge in [-0.25, -0.2) is 0 Å². The van der Waals surface area contributed by atoms with Crippen LogP contribution in [0.4, 0.5) is 0 Å². The maximum Gasteiger partial charge on any atom is 0.171 e. The molecular weight excluding hydrogens is 186 g/mol. The van der Waals surface area contributed by atoms with Crippen molar-refractivity contribution in [2.75, 3.05) is 40.6 Å². The van der Waals surface area contributed by atoms with Crippen molar-refractivity contribution >= 4 is 0 Å². The predicted octanol–water partition coefficient (Wildman–Crippen LogP) is -0.408. The van der Waals surface area contributed by atoms with Crippen LogP contribution in [0.3, 0.4) is 0 Å². The Kier molecular flexibility index (Phi) is 9.23. The number of aliphatic hydroxyl groups is 1. The van der Waals surface area contributed by atoms with Gasteiger partial charge in [-0.3, -0.25) is 0 Å². The van der Waals surface area contributed by atoms with Crippen LogP contribution in [-0.2, 0) is 14.2 Å². The lowest BCUT2D eigenvalue weighted by molar-refractivity contribution is -0.119. The molecule has 0 bridgehead atoms. The fraction of sp³-hybridized carbons (Fsp3) is 1.00. The number of hydrogen-bond acceptors (Lipinski definition) is 5. The van der Waals surface area contributed by atoms with Gasteiger partial charge in [-0.2, -0.15) is 0 Å². The van der Waals surface area contributed by atoms with Crippen LogP contribution in [0.2, 0.25) is 0 Å². The molecule has 1 atom stereocenters. The second kappa shape index (κ2) is 9.36. The van der Waals surface area contributed by atoms with Gasteiger partial charge in [0.25, 0.3) is 0 Å². The van der Waals surface area contributed by atoms with Crippen molar-refractivity contribution in [3.8, 4) is 0 Å². The van der Waals surface area contributed by atoms with E-state index in [1.54, 1.807) is 14.2 Å². The number of methoxy groups -OCH3 is 2. The van der Waals surface area contributed by atoms with E-state index in [2.05, 4.69) is 5.32 Å². The molecular formula is C9H21NO4. The first kappa shape index (κ1) is 13.8.